The fourth-order valence-corrected chi connectivity index (χ4v) is 2.07. The van der Waals surface area contributed by atoms with Gasteiger partial charge in [-0.05, 0) is 37.7 Å². The van der Waals surface area contributed by atoms with Crippen molar-refractivity contribution in [3.05, 3.63) is 12.1 Å². The predicted octanol–water partition coefficient (Wildman–Crippen LogP) is 2.01. The summed E-state index contributed by atoms with van der Waals surface area (Å²) >= 11 is 0. The highest BCUT2D eigenvalue weighted by Gasteiger charge is 2.23. The van der Waals surface area contributed by atoms with Crippen molar-refractivity contribution in [3.63, 3.8) is 0 Å². The van der Waals surface area contributed by atoms with Crippen LogP contribution < -0.4 is 15.2 Å². The van der Waals surface area contributed by atoms with Crippen LogP contribution in [0.1, 0.15) is 25.7 Å². The number of hydrogen-bond acceptors (Lipinski definition) is 5. The van der Waals surface area contributed by atoms with Crippen molar-refractivity contribution in [1.29, 1.82) is 0 Å². The molecule has 2 fully saturated rings. The monoisotopic (exact) mass is 264 g/mol. The summed E-state index contributed by atoms with van der Waals surface area (Å²) in [4.78, 5) is 4.31. The molecule has 0 amide bonds. The van der Waals surface area contributed by atoms with E-state index in [1.165, 1.54) is 12.8 Å². The minimum Gasteiger partial charge on any atom is -0.476 e. The summed E-state index contributed by atoms with van der Waals surface area (Å²) in [5.74, 6) is 1.71. The third-order valence-corrected chi connectivity index (χ3v) is 3.46. The number of nitrogen functional groups attached to an aromatic ring is 1. The molecule has 2 aliphatic rings. The number of pyridine rings is 1. The third-order valence-electron chi connectivity index (χ3n) is 3.46. The average Bonchev–Trinajstić information content (AvgIpc) is 3.10. The smallest absolute Gasteiger partial charge is 0.240 e. The fourth-order valence-electron chi connectivity index (χ4n) is 2.07. The van der Waals surface area contributed by atoms with Gasteiger partial charge < -0.3 is 19.9 Å². The van der Waals surface area contributed by atoms with E-state index >= 15 is 0 Å². The molecule has 1 aromatic heterocycles. The molecule has 2 N–H and O–H groups in total. The first-order valence-electron chi connectivity index (χ1n) is 6.95. The fraction of sp³-hybridized carbons (Fsp3) is 0.643. The van der Waals surface area contributed by atoms with Crippen LogP contribution >= 0.6 is 0 Å². The molecule has 0 radical (unpaired) electrons. The summed E-state index contributed by atoms with van der Waals surface area (Å²) in [5.41, 5.74) is 6.41. The largest absolute Gasteiger partial charge is 0.476 e. The first-order valence-corrected chi connectivity index (χ1v) is 6.95. The molecule has 5 heteroatoms. The van der Waals surface area contributed by atoms with Gasteiger partial charge in [0, 0.05) is 12.7 Å². The molecule has 2 heterocycles. The molecule has 19 heavy (non-hydrogen) atoms. The Kier molecular flexibility index (Phi) is 3.73. The topological polar surface area (TPSA) is 66.6 Å². The number of nitrogens with two attached hydrogens (primary N) is 1. The first kappa shape index (κ1) is 12.5. The van der Waals surface area contributed by atoms with Crippen molar-refractivity contribution in [3.8, 4) is 11.8 Å². The van der Waals surface area contributed by atoms with Crippen LogP contribution in [-0.2, 0) is 4.74 Å². The van der Waals surface area contributed by atoms with Crippen molar-refractivity contribution in [1.82, 2.24) is 4.98 Å². The first-order chi connectivity index (χ1) is 9.31. The Morgan fingerprint density at radius 1 is 1.21 bits per heavy atom. The van der Waals surface area contributed by atoms with Gasteiger partial charge in [0.25, 0.3) is 0 Å². The van der Waals surface area contributed by atoms with Crippen molar-refractivity contribution in [2.75, 3.05) is 25.6 Å². The summed E-state index contributed by atoms with van der Waals surface area (Å²) in [6, 6.07) is 3.55. The Morgan fingerprint density at radius 2 is 2.11 bits per heavy atom. The van der Waals surface area contributed by atoms with Crippen LogP contribution in [0.25, 0.3) is 0 Å². The molecule has 1 aliphatic heterocycles. The van der Waals surface area contributed by atoms with Crippen LogP contribution in [0.4, 0.5) is 5.69 Å². The molecule has 1 atom stereocenters. The molecule has 1 aromatic rings. The number of anilines is 1. The number of nitrogens with zero attached hydrogens (tertiary/aromatic N) is 1. The van der Waals surface area contributed by atoms with Crippen molar-refractivity contribution < 1.29 is 14.2 Å². The van der Waals surface area contributed by atoms with E-state index < -0.39 is 0 Å². The molecular weight excluding hydrogens is 244 g/mol. The number of hydrogen-bond donors (Lipinski definition) is 1. The minimum absolute atomic E-state index is 0.190. The molecular formula is C14H20N2O3. The molecule has 1 aliphatic carbocycles. The Balaban J connectivity index is 1.55. The number of ether oxygens (including phenoxy) is 3. The van der Waals surface area contributed by atoms with E-state index in [2.05, 4.69) is 4.98 Å². The van der Waals surface area contributed by atoms with Gasteiger partial charge in [-0.3, -0.25) is 0 Å². The number of rotatable bonds is 6. The molecule has 3 rings (SSSR count). The summed E-state index contributed by atoms with van der Waals surface area (Å²) in [6.07, 6.45) is 4.85. The van der Waals surface area contributed by atoms with E-state index in [0.29, 0.717) is 36.6 Å². The van der Waals surface area contributed by atoms with Gasteiger partial charge in [-0.25, -0.2) is 0 Å². The maximum Gasteiger partial charge on any atom is 0.240 e. The maximum atomic E-state index is 5.85. The molecule has 1 unspecified atom stereocenters. The van der Waals surface area contributed by atoms with Gasteiger partial charge in [-0.1, -0.05) is 0 Å². The van der Waals surface area contributed by atoms with Gasteiger partial charge >= 0.3 is 0 Å². The van der Waals surface area contributed by atoms with Crippen molar-refractivity contribution >= 4 is 5.69 Å². The van der Waals surface area contributed by atoms with Crippen LogP contribution in [-0.4, -0.2) is 30.9 Å². The highest BCUT2D eigenvalue weighted by molar-refractivity contribution is 5.49. The lowest BCUT2D eigenvalue weighted by Crippen LogP contribution is -2.17. The summed E-state index contributed by atoms with van der Waals surface area (Å²) in [6.45, 7) is 2.07. The minimum atomic E-state index is 0.190. The zero-order valence-electron chi connectivity index (χ0n) is 11.0. The molecule has 1 saturated carbocycles. The Labute approximate surface area is 113 Å². The van der Waals surface area contributed by atoms with E-state index in [9.17, 15) is 0 Å². The van der Waals surface area contributed by atoms with Crippen LogP contribution in [0.3, 0.4) is 0 Å². The summed E-state index contributed by atoms with van der Waals surface area (Å²) in [7, 11) is 0. The average molecular weight is 264 g/mol. The van der Waals surface area contributed by atoms with E-state index in [1.54, 1.807) is 12.1 Å². The molecule has 0 bridgehead atoms. The summed E-state index contributed by atoms with van der Waals surface area (Å²) in [5, 5.41) is 0. The second kappa shape index (κ2) is 5.65. The van der Waals surface area contributed by atoms with Crippen LogP contribution in [0, 0.1) is 5.92 Å². The van der Waals surface area contributed by atoms with Gasteiger partial charge in [0.1, 0.15) is 6.61 Å². The Morgan fingerprint density at radius 3 is 2.84 bits per heavy atom. The summed E-state index contributed by atoms with van der Waals surface area (Å²) < 4.78 is 16.8. The normalized spacial score (nSPS) is 22.4. The third kappa shape index (κ3) is 3.50. The van der Waals surface area contributed by atoms with Crippen LogP contribution in [0.15, 0.2) is 12.1 Å². The molecule has 0 aromatic carbocycles. The Bertz CT molecular complexity index is 429. The van der Waals surface area contributed by atoms with E-state index in [0.717, 1.165) is 19.4 Å². The molecule has 0 spiro atoms. The molecule has 5 nitrogen and oxygen atoms in total. The number of aromatic nitrogens is 1. The predicted molar refractivity (Wildman–Crippen MR) is 71.3 cm³/mol. The highest BCUT2D eigenvalue weighted by atomic mass is 16.5. The van der Waals surface area contributed by atoms with Gasteiger partial charge in [0.2, 0.25) is 11.8 Å². The van der Waals surface area contributed by atoms with Crippen LogP contribution in [0.2, 0.25) is 0 Å². The highest BCUT2D eigenvalue weighted by Crippen LogP contribution is 2.31. The SMILES string of the molecule is Nc1ccc(OCC2CCCO2)nc1OCC1CC1. The lowest BCUT2D eigenvalue weighted by Gasteiger charge is -2.12. The second-order valence-corrected chi connectivity index (χ2v) is 5.24. The second-order valence-electron chi connectivity index (χ2n) is 5.24. The van der Waals surface area contributed by atoms with Crippen molar-refractivity contribution in [2.45, 2.75) is 31.8 Å². The van der Waals surface area contributed by atoms with Crippen LogP contribution in [0.5, 0.6) is 11.8 Å². The zero-order valence-corrected chi connectivity index (χ0v) is 11.0. The maximum absolute atomic E-state index is 5.85. The standard InChI is InChI=1S/C14H20N2O3/c15-12-5-6-13(18-9-11-2-1-7-17-11)16-14(12)19-8-10-3-4-10/h5-6,10-11H,1-4,7-9,15H2. The van der Waals surface area contributed by atoms with Gasteiger partial charge in [-0.2, -0.15) is 4.98 Å². The van der Waals surface area contributed by atoms with Crippen molar-refractivity contribution in [2.24, 2.45) is 5.92 Å². The van der Waals surface area contributed by atoms with E-state index in [4.69, 9.17) is 19.9 Å². The Hall–Kier alpha value is -1.49. The molecule has 1 saturated heterocycles. The lowest BCUT2D eigenvalue weighted by molar-refractivity contribution is 0.0660. The molecule has 104 valence electrons. The van der Waals surface area contributed by atoms with E-state index in [-0.39, 0.29) is 6.10 Å². The lowest BCUT2D eigenvalue weighted by atomic mass is 10.2. The van der Waals surface area contributed by atoms with Gasteiger partial charge in [0.05, 0.1) is 18.4 Å². The van der Waals surface area contributed by atoms with Gasteiger partial charge in [-0.15, -0.1) is 0 Å². The van der Waals surface area contributed by atoms with Gasteiger partial charge in [0.15, 0.2) is 0 Å². The quantitative estimate of drug-likeness (QED) is 0.851. The zero-order chi connectivity index (χ0) is 13.1. The van der Waals surface area contributed by atoms with E-state index in [1.807, 2.05) is 0 Å².